The van der Waals surface area contributed by atoms with Gasteiger partial charge in [0.15, 0.2) is 5.82 Å². The Bertz CT molecular complexity index is 563. The first-order valence-corrected chi connectivity index (χ1v) is 7.45. The third-order valence-corrected chi connectivity index (χ3v) is 4.29. The Hall–Kier alpha value is -1.27. The van der Waals surface area contributed by atoms with Crippen molar-refractivity contribution in [3.63, 3.8) is 0 Å². The van der Waals surface area contributed by atoms with E-state index in [0.29, 0.717) is 18.3 Å². The molecule has 1 N–H and O–H groups in total. The molecule has 2 rings (SSSR count). The van der Waals surface area contributed by atoms with Gasteiger partial charge in [-0.05, 0) is 35.8 Å². The summed E-state index contributed by atoms with van der Waals surface area (Å²) in [6, 6.07) is 8.42. The number of nitrogens with zero attached hydrogens (tertiary/aromatic N) is 4. The molecule has 6 heteroatoms. The number of hydrogen-bond donors (Lipinski definition) is 1. The van der Waals surface area contributed by atoms with E-state index in [9.17, 15) is 0 Å². The topological polar surface area (TPSA) is 55.6 Å². The first-order valence-electron chi connectivity index (χ1n) is 6.66. The largest absolute Gasteiger partial charge is 0.300 e. The Balaban J connectivity index is 2.18. The minimum Gasteiger partial charge on any atom is -0.300 e. The summed E-state index contributed by atoms with van der Waals surface area (Å²) in [5.74, 6) is 1.14. The standard InChI is InChI=1S/C14H20BrN5/c1-10(2)14(3,11-5-7-12(15)8-6-11)16-9-13-17-19-20(4)18-13/h5-8,10,16H,9H2,1-4H3. The fourth-order valence-corrected chi connectivity index (χ4v) is 2.36. The molecule has 2 aromatic rings. The Morgan fingerprint density at radius 2 is 1.95 bits per heavy atom. The number of nitrogens with one attached hydrogen (secondary N) is 1. The van der Waals surface area contributed by atoms with Crippen LogP contribution in [0.25, 0.3) is 0 Å². The van der Waals surface area contributed by atoms with Crippen LogP contribution in [0.15, 0.2) is 28.7 Å². The van der Waals surface area contributed by atoms with Crippen molar-refractivity contribution < 1.29 is 0 Å². The average molecular weight is 338 g/mol. The highest BCUT2D eigenvalue weighted by atomic mass is 79.9. The van der Waals surface area contributed by atoms with Gasteiger partial charge in [-0.2, -0.15) is 4.80 Å². The molecule has 0 saturated heterocycles. The number of rotatable bonds is 5. The monoisotopic (exact) mass is 337 g/mol. The Kier molecular flexibility index (Phi) is 4.55. The molecule has 1 aromatic heterocycles. The number of aromatic nitrogens is 4. The van der Waals surface area contributed by atoms with Gasteiger partial charge in [0.25, 0.3) is 0 Å². The molecule has 0 radical (unpaired) electrons. The molecule has 0 aliphatic heterocycles. The lowest BCUT2D eigenvalue weighted by atomic mass is 9.81. The van der Waals surface area contributed by atoms with Crippen LogP contribution in [0.5, 0.6) is 0 Å². The van der Waals surface area contributed by atoms with Crippen LogP contribution < -0.4 is 5.32 Å². The van der Waals surface area contributed by atoms with E-state index in [2.05, 4.69) is 81.7 Å². The molecule has 0 amide bonds. The molecule has 0 spiro atoms. The Labute approximate surface area is 127 Å². The minimum atomic E-state index is -0.139. The van der Waals surface area contributed by atoms with E-state index in [0.717, 1.165) is 4.47 Å². The summed E-state index contributed by atoms with van der Waals surface area (Å²) >= 11 is 3.48. The number of hydrogen-bond acceptors (Lipinski definition) is 4. The van der Waals surface area contributed by atoms with E-state index in [-0.39, 0.29) is 5.54 Å². The molecular weight excluding hydrogens is 318 g/mol. The first kappa shape index (κ1) is 15.1. The molecule has 0 bridgehead atoms. The number of halogens is 1. The molecular formula is C14H20BrN5. The van der Waals surface area contributed by atoms with E-state index in [1.54, 1.807) is 7.05 Å². The lowest BCUT2D eigenvalue weighted by Crippen LogP contribution is -2.43. The van der Waals surface area contributed by atoms with Crippen molar-refractivity contribution in [1.82, 2.24) is 25.5 Å². The molecule has 108 valence electrons. The number of aryl methyl sites for hydroxylation is 1. The van der Waals surface area contributed by atoms with Crippen molar-refractivity contribution in [2.24, 2.45) is 13.0 Å². The van der Waals surface area contributed by atoms with Crippen molar-refractivity contribution in [1.29, 1.82) is 0 Å². The van der Waals surface area contributed by atoms with Gasteiger partial charge in [0.2, 0.25) is 0 Å². The predicted octanol–water partition coefficient (Wildman–Crippen LogP) is 2.63. The van der Waals surface area contributed by atoms with Gasteiger partial charge < -0.3 is 5.32 Å². The summed E-state index contributed by atoms with van der Waals surface area (Å²) in [5, 5.41) is 15.6. The highest BCUT2D eigenvalue weighted by molar-refractivity contribution is 9.10. The van der Waals surface area contributed by atoms with Crippen molar-refractivity contribution in [3.8, 4) is 0 Å². The zero-order chi connectivity index (χ0) is 14.8. The van der Waals surface area contributed by atoms with Gasteiger partial charge >= 0.3 is 0 Å². The van der Waals surface area contributed by atoms with Crippen LogP contribution in [0.4, 0.5) is 0 Å². The number of benzene rings is 1. The van der Waals surface area contributed by atoms with Crippen molar-refractivity contribution >= 4 is 15.9 Å². The van der Waals surface area contributed by atoms with E-state index in [1.807, 2.05) is 0 Å². The van der Waals surface area contributed by atoms with Gasteiger partial charge in [0, 0.05) is 10.0 Å². The zero-order valence-electron chi connectivity index (χ0n) is 12.3. The van der Waals surface area contributed by atoms with Gasteiger partial charge in [0.05, 0.1) is 13.6 Å². The average Bonchev–Trinajstić information content (AvgIpc) is 2.82. The summed E-state index contributed by atoms with van der Waals surface area (Å²) in [7, 11) is 1.77. The van der Waals surface area contributed by atoms with Crippen LogP contribution in [0.1, 0.15) is 32.2 Å². The molecule has 5 nitrogen and oxygen atoms in total. The van der Waals surface area contributed by atoms with Gasteiger partial charge in [-0.15, -0.1) is 10.2 Å². The third-order valence-electron chi connectivity index (χ3n) is 3.76. The summed E-state index contributed by atoms with van der Waals surface area (Å²) in [5.41, 5.74) is 1.11. The normalized spacial score (nSPS) is 14.5. The Morgan fingerprint density at radius 3 is 2.45 bits per heavy atom. The molecule has 1 atom stereocenters. The van der Waals surface area contributed by atoms with E-state index < -0.39 is 0 Å². The Morgan fingerprint density at radius 1 is 1.30 bits per heavy atom. The number of tetrazole rings is 1. The lowest BCUT2D eigenvalue weighted by molar-refractivity contribution is 0.260. The van der Waals surface area contributed by atoms with Gasteiger partial charge in [-0.1, -0.05) is 41.9 Å². The smallest absolute Gasteiger partial charge is 0.188 e. The van der Waals surface area contributed by atoms with Crippen LogP contribution in [0.3, 0.4) is 0 Å². The quantitative estimate of drug-likeness (QED) is 0.911. The molecule has 1 aromatic carbocycles. The summed E-state index contributed by atoms with van der Waals surface area (Å²) in [6.45, 7) is 7.22. The minimum absolute atomic E-state index is 0.139. The molecule has 0 fully saturated rings. The van der Waals surface area contributed by atoms with Crippen LogP contribution in [-0.4, -0.2) is 20.2 Å². The summed E-state index contributed by atoms with van der Waals surface area (Å²) in [6.07, 6.45) is 0. The first-order chi connectivity index (χ1) is 9.41. The van der Waals surface area contributed by atoms with Crippen LogP contribution in [0, 0.1) is 5.92 Å². The second kappa shape index (κ2) is 6.01. The molecule has 0 saturated carbocycles. The molecule has 1 unspecified atom stereocenters. The summed E-state index contributed by atoms with van der Waals surface area (Å²) < 4.78 is 1.09. The molecule has 0 aliphatic rings. The van der Waals surface area contributed by atoms with Crippen LogP contribution in [-0.2, 0) is 19.1 Å². The van der Waals surface area contributed by atoms with Crippen LogP contribution >= 0.6 is 15.9 Å². The zero-order valence-corrected chi connectivity index (χ0v) is 13.8. The molecule has 20 heavy (non-hydrogen) atoms. The third kappa shape index (κ3) is 3.24. The molecule has 1 heterocycles. The van der Waals surface area contributed by atoms with Crippen LogP contribution in [0.2, 0.25) is 0 Å². The maximum absolute atomic E-state index is 4.21. The van der Waals surface area contributed by atoms with Crippen molar-refractivity contribution in [2.75, 3.05) is 0 Å². The van der Waals surface area contributed by atoms with E-state index >= 15 is 0 Å². The summed E-state index contributed by atoms with van der Waals surface area (Å²) in [4.78, 5) is 1.48. The molecule has 0 aliphatic carbocycles. The second-order valence-electron chi connectivity index (χ2n) is 5.41. The van der Waals surface area contributed by atoms with E-state index in [4.69, 9.17) is 0 Å². The SMILES string of the molecule is CC(C)C(C)(NCc1nnn(C)n1)c1ccc(Br)cc1. The van der Waals surface area contributed by atoms with Gasteiger partial charge in [-0.3, -0.25) is 0 Å². The fourth-order valence-electron chi connectivity index (χ4n) is 2.09. The predicted molar refractivity (Wildman–Crippen MR) is 82.0 cm³/mol. The maximum Gasteiger partial charge on any atom is 0.188 e. The maximum atomic E-state index is 4.21. The lowest BCUT2D eigenvalue weighted by Gasteiger charge is -2.35. The second-order valence-corrected chi connectivity index (χ2v) is 6.33. The fraction of sp³-hybridized carbons (Fsp3) is 0.500. The highest BCUT2D eigenvalue weighted by Gasteiger charge is 2.30. The van der Waals surface area contributed by atoms with Crippen molar-refractivity contribution in [3.05, 3.63) is 40.1 Å². The van der Waals surface area contributed by atoms with Crippen molar-refractivity contribution in [2.45, 2.75) is 32.9 Å². The van der Waals surface area contributed by atoms with Gasteiger partial charge in [0.1, 0.15) is 0 Å². The van der Waals surface area contributed by atoms with Gasteiger partial charge in [-0.25, -0.2) is 0 Å². The van der Waals surface area contributed by atoms with E-state index in [1.165, 1.54) is 10.4 Å². The highest BCUT2D eigenvalue weighted by Crippen LogP contribution is 2.30.